The van der Waals surface area contributed by atoms with Gasteiger partial charge in [-0.3, -0.25) is 4.79 Å². The molecule has 0 radical (unpaired) electrons. The lowest BCUT2D eigenvalue weighted by Gasteiger charge is -2.11. The largest absolute Gasteiger partial charge is 0.469 e. The summed E-state index contributed by atoms with van der Waals surface area (Å²) < 4.78 is 80.9. The van der Waals surface area contributed by atoms with Crippen molar-refractivity contribution in [3.05, 3.63) is 89.1 Å². The van der Waals surface area contributed by atoms with E-state index in [2.05, 4.69) is 10.1 Å². The van der Waals surface area contributed by atoms with Crippen molar-refractivity contribution < 1.29 is 35.5 Å². The van der Waals surface area contributed by atoms with Gasteiger partial charge in [0.1, 0.15) is 5.82 Å². The molecule has 2 aromatic carbocycles. The fraction of sp³-hybridized carbons (Fsp3) is 0.269. The van der Waals surface area contributed by atoms with Crippen LogP contribution in [-0.4, -0.2) is 42.4 Å². The number of esters is 1. The molecule has 7 nitrogen and oxygen atoms in total. The first-order valence-electron chi connectivity index (χ1n) is 11.2. The number of carbonyl (C=O) groups excluding carboxylic acids is 1. The molecule has 0 saturated carbocycles. The Morgan fingerprint density at radius 1 is 1.11 bits per heavy atom. The Morgan fingerprint density at radius 3 is 2.26 bits per heavy atom. The second-order valence-corrected chi connectivity index (χ2v) is 10.8. The normalized spacial score (nSPS) is 12.5. The first-order valence-corrected chi connectivity index (χ1v) is 13.3. The van der Waals surface area contributed by atoms with E-state index in [0.29, 0.717) is 11.3 Å². The molecule has 38 heavy (non-hydrogen) atoms. The SMILES string of the molecule is COC(=O)C(C)c1ccnc2c(-c3ccc(C(F)(F)F)cc3)c(CS(C)(=O)=O)nn12.Cc1cccc(F)c1. The number of methoxy groups -OCH3 is 1. The number of ether oxygens (including phenoxy) is 1. The minimum atomic E-state index is -4.50. The number of fused-ring (bicyclic) bond motifs is 1. The third-order valence-electron chi connectivity index (χ3n) is 5.50. The van der Waals surface area contributed by atoms with Gasteiger partial charge in [-0.05, 0) is 55.3 Å². The number of alkyl halides is 3. The first-order chi connectivity index (χ1) is 17.7. The maximum atomic E-state index is 12.9. The Kier molecular flexibility index (Phi) is 8.55. The van der Waals surface area contributed by atoms with Gasteiger partial charge in [-0.1, -0.05) is 24.3 Å². The predicted molar refractivity (Wildman–Crippen MR) is 134 cm³/mol. The molecule has 0 aliphatic rings. The Labute approximate surface area is 217 Å². The van der Waals surface area contributed by atoms with Gasteiger partial charge in [0.2, 0.25) is 0 Å². The Morgan fingerprint density at radius 2 is 1.76 bits per heavy atom. The van der Waals surface area contributed by atoms with Gasteiger partial charge in [-0.2, -0.15) is 18.3 Å². The molecule has 0 spiro atoms. The summed E-state index contributed by atoms with van der Waals surface area (Å²) >= 11 is 0. The van der Waals surface area contributed by atoms with E-state index in [9.17, 15) is 30.8 Å². The zero-order valence-electron chi connectivity index (χ0n) is 21.0. The molecular formula is C26H25F4N3O4S. The van der Waals surface area contributed by atoms with Crippen molar-refractivity contribution in [2.45, 2.75) is 31.7 Å². The van der Waals surface area contributed by atoms with E-state index in [-0.39, 0.29) is 22.7 Å². The standard InChI is InChI=1S/C19H18F3N3O4S.C7H7F/c1-11(18(26)29-2)15-8-9-23-17-16(14(24-25(15)17)10-30(3,27)28)12-4-6-13(7-5-12)19(20,21)22;1-6-3-2-4-7(8)5-6/h4-9,11H,10H2,1-3H3;2-5H,1H3. The molecule has 1 atom stereocenters. The predicted octanol–water partition coefficient (Wildman–Crippen LogP) is 5.37. The van der Waals surface area contributed by atoms with E-state index < -0.39 is 39.2 Å². The third-order valence-corrected chi connectivity index (χ3v) is 6.30. The van der Waals surface area contributed by atoms with Crippen LogP contribution in [0.25, 0.3) is 16.8 Å². The molecule has 0 aliphatic carbocycles. The van der Waals surface area contributed by atoms with Gasteiger partial charge >= 0.3 is 12.1 Å². The van der Waals surface area contributed by atoms with Gasteiger partial charge in [0, 0.05) is 12.5 Å². The molecule has 12 heteroatoms. The molecular weight excluding hydrogens is 526 g/mol. The van der Waals surface area contributed by atoms with Crippen molar-refractivity contribution in [2.24, 2.45) is 0 Å². The lowest BCUT2D eigenvalue weighted by atomic mass is 10.0. The summed E-state index contributed by atoms with van der Waals surface area (Å²) in [5.41, 5.74) is 1.49. The molecule has 1 unspecified atom stereocenters. The van der Waals surface area contributed by atoms with Gasteiger partial charge < -0.3 is 4.74 Å². The Bertz CT molecular complexity index is 1530. The van der Waals surface area contributed by atoms with E-state index in [1.165, 1.54) is 42.1 Å². The maximum absolute atomic E-state index is 12.9. The van der Waals surface area contributed by atoms with Crippen LogP contribution in [0.5, 0.6) is 0 Å². The van der Waals surface area contributed by atoms with Crippen molar-refractivity contribution in [1.82, 2.24) is 14.6 Å². The van der Waals surface area contributed by atoms with Gasteiger partial charge in [-0.25, -0.2) is 22.3 Å². The molecule has 0 saturated heterocycles. The minimum absolute atomic E-state index is 0.120. The summed E-state index contributed by atoms with van der Waals surface area (Å²) in [6, 6.07) is 12.3. The van der Waals surface area contributed by atoms with Crippen molar-refractivity contribution in [3.63, 3.8) is 0 Å². The van der Waals surface area contributed by atoms with Gasteiger partial charge in [0.05, 0.1) is 41.3 Å². The lowest BCUT2D eigenvalue weighted by Crippen LogP contribution is -2.15. The van der Waals surface area contributed by atoms with Crippen LogP contribution in [0.2, 0.25) is 0 Å². The molecule has 2 aromatic heterocycles. The van der Waals surface area contributed by atoms with Crippen molar-refractivity contribution >= 4 is 21.5 Å². The van der Waals surface area contributed by atoms with E-state index in [4.69, 9.17) is 4.74 Å². The highest BCUT2D eigenvalue weighted by molar-refractivity contribution is 7.89. The van der Waals surface area contributed by atoms with Crippen LogP contribution < -0.4 is 0 Å². The van der Waals surface area contributed by atoms with Crippen LogP contribution >= 0.6 is 0 Å². The number of aryl methyl sites for hydroxylation is 1. The van der Waals surface area contributed by atoms with Crippen LogP contribution in [0.15, 0.2) is 60.8 Å². The van der Waals surface area contributed by atoms with Gasteiger partial charge in [-0.15, -0.1) is 0 Å². The zero-order chi connectivity index (χ0) is 28.3. The van der Waals surface area contributed by atoms with Crippen molar-refractivity contribution in [2.75, 3.05) is 13.4 Å². The second-order valence-electron chi connectivity index (χ2n) is 8.62. The summed E-state index contributed by atoms with van der Waals surface area (Å²) in [6.45, 7) is 3.46. The molecule has 0 amide bonds. The van der Waals surface area contributed by atoms with Crippen LogP contribution in [0, 0.1) is 12.7 Å². The molecule has 0 aliphatic heterocycles. The average molecular weight is 552 g/mol. The summed E-state index contributed by atoms with van der Waals surface area (Å²) in [6.07, 6.45) is -2.06. The number of halogens is 4. The number of hydrogen-bond acceptors (Lipinski definition) is 6. The quantitative estimate of drug-likeness (QED) is 0.245. The summed E-state index contributed by atoms with van der Waals surface area (Å²) in [5.74, 6) is -1.87. The molecule has 4 aromatic rings. The Hall–Kier alpha value is -3.80. The van der Waals surface area contributed by atoms with Crippen molar-refractivity contribution in [1.29, 1.82) is 0 Å². The summed E-state index contributed by atoms with van der Waals surface area (Å²) in [7, 11) is -2.28. The molecule has 202 valence electrons. The summed E-state index contributed by atoms with van der Waals surface area (Å²) in [5, 5.41) is 4.33. The zero-order valence-corrected chi connectivity index (χ0v) is 21.8. The summed E-state index contributed by atoms with van der Waals surface area (Å²) in [4.78, 5) is 16.2. The first kappa shape index (κ1) is 28.8. The average Bonchev–Trinajstić information content (AvgIpc) is 3.19. The fourth-order valence-electron chi connectivity index (χ4n) is 3.71. The number of carbonyl (C=O) groups is 1. The number of sulfone groups is 1. The van der Waals surface area contributed by atoms with Crippen LogP contribution in [0.4, 0.5) is 17.6 Å². The molecule has 2 heterocycles. The van der Waals surface area contributed by atoms with Crippen LogP contribution in [0.1, 0.15) is 35.4 Å². The monoisotopic (exact) mass is 551 g/mol. The van der Waals surface area contributed by atoms with E-state index >= 15 is 0 Å². The number of rotatable bonds is 5. The third kappa shape index (κ3) is 6.94. The molecule has 4 rings (SSSR count). The lowest BCUT2D eigenvalue weighted by molar-refractivity contribution is -0.142. The number of benzene rings is 2. The maximum Gasteiger partial charge on any atom is 0.416 e. The van der Waals surface area contributed by atoms with E-state index in [1.807, 2.05) is 13.0 Å². The van der Waals surface area contributed by atoms with E-state index in [1.54, 1.807) is 19.1 Å². The topological polar surface area (TPSA) is 90.6 Å². The highest BCUT2D eigenvalue weighted by atomic mass is 32.2. The van der Waals surface area contributed by atoms with Gasteiger partial charge in [0.15, 0.2) is 15.5 Å². The van der Waals surface area contributed by atoms with Gasteiger partial charge in [0.25, 0.3) is 0 Å². The second kappa shape index (κ2) is 11.3. The number of nitrogens with zero attached hydrogens (tertiary/aromatic N) is 3. The Balaban J connectivity index is 0.000000427. The molecule has 0 bridgehead atoms. The smallest absolute Gasteiger partial charge is 0.416 e. The highest BCUT2D eigenvalue weighted by Crippen LogP contribution is 2.34. The van der Waals surface area contributed by atoms with Crippen LogP contribution in [0.3, 0.4) is 0 Å². The number of aromatic nitrogens is 3. The molecule has 0 fully saturated rings. The number of hydrogen-bond donors (Lipinski definition) is 0. The van der Waals surface area contributed by atoms with E-state index in [0.717, 1.165) is 24.0 Å². The fourth-order valence-corrected chi connectivity index (χ4v) is 4.41. The van der Waals surface area contributed by atoms with Crippen LogP contribution in [-0.2, 0) is 31.3 Å². The molecule has 0 N–H and O–H groups in total. The minimum Gasteiger partial charge on any atom is -0.469 e. The highest BCUT2D eigenvalue weighted by Gasteiger charge is 2.31. The van der Waals surface area contributed by atoms with Crippen molar-refractivity contribution in [3.8, 4) is 11.1 Å².